The van der Waals surface area contributed by atoms with Crippen LogP contribution in [0.4, 0.5) is 0 Å². The number of rotatable bonds is 3. The van der Waals surface area contributed by atoms with Gasteiger partial charge in [-0.15, -0.1) is 0 Å². The van der Waals surface area contributed by atoms with E-state index in [2.05, 4.69) is 0 Å². The number of ether oxygens (including phenoxy) is 1. The third kappa shape index (κ3) is 2.67. The van der Waals surface area contributed by atoms with Crippen LogP contribution in [0.2, 0.25) is 0 Å². The van der Waals surface area contributed by atoms with Gasteiger partial charge in [0.1, 0.15) is 0 Å². The Morgan fingerprint density at radius 2 is 1.90 bits per heavy atom. The van der Waals surface area contributed by atoms with E-state index in [-0.39, 0.29) is 0 Å². The molecule has 1 aliphatic carbocycles. The van der Waals surface area contributed by atoms with Crippen LogP contribution in [0, 0.1) is 5.92 Å². The molecule has 1 saturated carbocycles. The summed E-state index contributed by atoms with van der Waals surface area (Å²) in [5, 5.41) is 0. The summed E-state index contributed by atoms with van der Waals surface area (Å²) in [6.45, 7) is 1.27. The molecule has 0 amide bonds. The van der Waals surface area contributed by atoms with Crippen LogP contribution in [0.25, 0.3) is 0 Å². The van der Waals surface area contributed by atoms with Crippen LogP contribution >= 0.6 is 0 Å². The SMILES string of the molecule is NCOCC1CCCCC1. The summed E-state index contributed by atoms with van der Waals surface area (Å²) in [4.78, 5) is 0. The molecule has 2 heteroatoms. The highest BCUT2D eigenvalue weighted by molar-refractivity contribution is 4.64. The van der Waals surface area contributed by atoms with Crippen molar-refractivity contribution in [2.24, 2.45) is 11.7 Å². The molecule has 0 aromatic heterocycles. The van der Waals surface area contributed by atoms with E-state index >= 15 is 0 Å². The largest absolute Gasteiger partial charge is 0.366 e. The molecule has 10 heavy (non-hydrogen) atoms. The van der Waals surface area contributed by atoms with Gasteiger partial charge in [-0.1, -0.05) is 19.3 Å². The molecule has 0 aromatic carbocycles. The smallest absolute Gasteiger partial charge is 0.0940 e. The number of hydrogen-bond acceptors (Lipinski definition) is 2. The Balaban J connectivity index is 2.02. The Kier molecular flexibility index (Phi) is 3.76. The van der Waals surface area contributed by atoms with Crippen molar-refractivity contribution in [3.05, 3.63) is 0 Å². The van der Waals surface area contributed by atoms with Crippen LogP contribution in [0.15, 0.2) is 0 Å². The zero-order valence-corrected chi connectivity index (χ0v) is 6.51. The van der Waals surface area contributed by atoms with Gasteiger partial charge >= 0.3 is 0 Å². The monoisotopic (exact) mass is 143 g/mol. The normalized spacial score (nSPS) is 21.3. The zero-order valence-electron chi connectivity index (χ0n) is 6.51. The van der Waals surface area contributed by atoms with Crippen LogP contribution in [0.1, 0.15) is 32.1 Å². The Hall–Kier alpha value is -0.0800. The molecular weight excluding hydrogens is 126 g/mol. The first kappa shape index (κ1) is 8.02. The van der Waals surface area contributed by atoms with E-state index in [4.69, 9.17) is 10.5 Å². The Morgan fingerprint density at radius 3 is 2.50 bits per heavy atom. The fourth-order valence-electron chi connectivity index (χ4n) is 1.59. The van der Waals surface area contributed by atoms with Crippen molar-refractivity contribution in [1.29, 1.82) is 0 Å². The highest BCUT2D eigenvalue weighted by Gasteiger charge is 2.12. The molecule has 2 nitrogen and oxygen atoms in total. The molecule has 0 radical (unpaired) electrons. The fraction of sp³-hybridized carbons (Fsp3) is 1.00. The number of nitrogens with two attached hydrogens (primary N) is 1. The fourth-order valence-corrected chi connectivity index (χ4v) is 1.59. The van der Waals surface area contributed by atoms with Crippen molar-refractivity contribution in [3.63, 3.8) is 0 Å². The summed E-state index contributed by atoms with van der Waals surface area (Å²) in [6, 6.07) is 0. The Morgan fingerprint density at radius 1 is 1.20 bits per heavy atom. The summed E-state index contributed by atoms with van der Waals surface area (Å²) in [6.07, 6.45) is 6.89. The lowest BCUT2D eigenvalue weighted by Crippen LogP contribution is -2.16. The lowest BCUT2D eigenvalue weighted by atomic mass is 9.90. The van der Waals surface area contributed by atoms with Gasteiger partial charge in [0.05, 0.1) is 13.3 Å². The predicted octanol–water partition coefficient (Wildman–Crippen LogP) is 1.50. The molecular formula is C8H17NO. The zero-order chi connectivity index (χ0) is 7.23. The predicted molar refractivity (Wildman–Crippen MR) is 41.6 cm³/mol. The first-order valence-corrected chi connectivity index (χ1v) is 4.21. The highest BCUT2D eigenvalue weighted by Crippen LogP contribution is 2.23. The molecule has 0 bridgehead atoms. The van der Waals surface area contributed by atoms with E-state index < -0.39 is 0 Å². The molecule has 60 valence electrons. The molecule has 0 unspecified atom stereocenters. The molecule has 0 spiro atoms. The lowest BCUT2D eigenvalue weighted by molar-refractivity contribution is 0.0901. The van der Waals surface area contributed by atoms with Gasteiger partial charge in [-0.3, -0.25) is 0 Å². The van der Waals surface area contributed by atoms with Gasteiger partial charge in [-0.2, -0.15) is 0 Å². The third-order valence-corrected chi connectivity index (χ3v) is 2.20. The molecule has 0 heterocycles. The highest BCUT2D eigenvalue weighted by atomic mass is 16.5. The lowest BCUT2D eigenvalue weighted by Gasteiger charge is -2.20. The minimum atomic E-state index is 0.385. The van der Waals surface area contributed by atoms with E-state index in [0.29, 0.717) is 6.73 Å². The summed E-state index contributed by atoms with van der Waals surface area (Å²) >= 11 is 0. The second kappa shape index (κ2) is 4.69. The topological polar surface area (TPSA) is 35.2 Å². The van der Waals surface area contributed by atoms with Crippen molar-refractivity contribution in [1.82, 2.24) is 0 Å². The van der Waals surface area contributed by atoms with Crippen molar-refractivity contribution >= 4 is 0 Å². The van der Waals surface area contributed by atoms with Crippen molar-refractivity contribution in [2.45, 2.75) is 32.1 Å². The van der Waals surface area contributed by atoms with Crippen LogP contribution in [0.5, 0.6) is 0 Å². The third-order valence-electron chi connectivity index (χ3n) is 2.20. The van der Waals surface area contributed by atoms with Gasteiger partial charge in [-0.25, -0.2) is 0 Å². The average molecular weight is 143 g/mol. The number of hydrogen-bond donors (Lipinski definition) is 1. The van der Waals surface area contributed by atoms with Crippen LogP contribution in [-0.2, 0) is 4.74 Å². The summed E-state index contributed by atoms with van der Waals surface area (Å²) in [5.41, 5.74) is 5.22. The Labute approximate surface area is 62.7 Å². The minimum Gasteiger partial charge on any atom is -0.366 e. The second-order valence-electron chi connectivity index (χ2n) is 3.04. The van der Waals surface area contributed by atoms with E-state index in [1.165, 1.54) is 32.1 Å². The van der Waals surface area contributed by atoms with Gasteiger partial charge in [0.15, 0.2) is 0 Å². The van der Waals surface area contributed by atoms with Crippen LogP contribution in [-0.4, -0.2) is 13.3 Å². The average Bonchev–Trinajstić information content (AvgIpc) is 2.03. The molecule has 1 fully saturated rings. The molecule has 0 saturated heterocycles. The molecule has 0 aromatic rings. The van der Waals surface area contributed by atoms with E-state index in [9.17, 15) is 0 Å². The van der Waals surface area contributed by atoms with Gasteiger partial charge in [0.2, 0.25) is 0 Å². The molecule has 2 N–H and O–H groups in total. The second-order valence-corrected chi connectivity index (χ2v) is 3.04. The maximum atomic E-state index is 5.22. The van der Waals surface area contributed by atoms with Gasteiger partial charge < -0.3 is 10.5 Å². The maximum Gasteiger partial charge on any atom is 0.0940 e. The summed E-state index contributed by atoms with van der Waals surface area (Å²) < 4.78 is 5.15. The van der Waals surface area contributed by atoms with Crippen LogP contribution in [0.3, 0.4) is 0 Å². The van der Waals surface area contributed by atoms with E-state index in [1.54, 1.807) is 0 Å². The molecule has 0 atom stereocenters. The first-order valence-electron chi connectivity index (χ1n) is 4.21. The summed E-state index contributed by atoms with van der Waals surface area (Å²) in [7, 11) is 0. The standard InChI is InChI=1S/C8H17NO/c9-7-10-6-8-4-2-1-3-5-8/h8H,1-7,9H2. The summed E-state index contributed by atoms with van der Waals surface area (Å²) in [5.74, 6) is 0.803. The Bertz CT molecular complexity index is 79.3. The molecule has 1 rings (SSSR count). The van der Waals surface area contributed by atoms with Crippen molar-refractivity contribution < 1.29 is 4.74 Å². The maximum absolute atomic E-state index is 5.22. The minimum absolute atomic E-state index is 0.385. The van der Waals surface area contributed by atoms with Gasteiger partial charge in [0, 0.05) is 0 Å². The van der Waals surface area contributed by atoms with Crippen molar-refractivity contribution in [3.8, 4) is 0 Å². The first-order chi connectivity index (χ1) is 4.93. The van der Waals surface area contributed by atoms with Gasteiger partial charge in [0.25, 0.3) is 0 Å². The van der Waals surface area contributed by atoms with E-state index in [0.717, 1.165) is 12.5 Å². The van der Waals surface area contributed by atoms with Crippen molar-refractivity contribution in [2.75, 3.05) is 13.3 Å². The quantitative estimate of drug-likeness (QED) is 0.608. The van der Waals surface area contributed by atoms with E-state index in [1.807, 2.05) is 0 Å². The molecule has 1 aliphatic rings. The van der Waals surface area contributed by atoms with Crippen LogP contribution < -0.4 is 5.73 Å². The van der Waals surface area contributed by atoms with Gasteiger partial charge in [-0.05, 0) is 18.8 Å². The molecule has 0 aliphatic heterocycles.